The van der Waals surface area contributed by atoms with Crippen LogP contribution in [0, 0.1) is 6.92 Å². The van der Waals surface area contributed by atoms with E-state index < -0.39 is 12.0 Å². The number of anilines is 1. The van der Waals surface area contributed by atoms with Gasteiger partial charge in [0, 0.05) is 26.9 Å². The first-order chi connectivity index (χ1) is 15.8. The number of aromatic carboxylic acids is 1. The fourth-order valence-corrected chi connectivity index (χ4v) is 4.64. The van der Waals surface area contributed by atoms with Gasteiger partial charge in [0.1, 0.15) is 5.69 Å². The van der Waals surface area contributed by atoms with Crippen LogP contribution in [0.4, 0.5) is 5.69 Å². The number of carboxylic acid groups (broad SMARTS) is 1. The molecule has 33 heavy (non-hydrogen) atoms. The highest BCUT2D eigenvalue weighted by Crippen LogP contribution is 2.47. The number of benzene rings is 3. The number of hydrogen-bond acceptors (Lipinski definition) is 3. The summed E-state index contributed by atoms with van der Waals surface area (Å²) in [4.78, 5) is 26.4. The number of carbonyl (C=O) groups is 2. The van der Waals surface area contributed by atoms with Crippen molar-refractivity contribution in [3.63, 3.8) is 0 Å². The average molecular weight is 478 g/mol. The summed E-state index contributed by atoms with van der Waals surface area (Å²) >= 11 is 12.7. The predicted octanol–water partition coefficient (Wildman–Crippen LogP) is 6.14. The lowest BCUT2D eigenvalue weighted by molar-refractivity contribution is 0.0696. The summed E-state index contributed by atoms with van der Waals surface area (Å²) in [6, 6.07) is 18.6. The summed E-state index contributed by atoms with van der Waals surface area (Å²) in [5.74, 6) is -1.32. The first-order valence-corrected chi connectivity index (χ1v) is 10.9. The SMILES string of the molecule is Cc1ccc(-c2n[nH]c3c2[C@@H](c2ccc(Cl)cc2Cl)N(c2ccc(C(=O)O)cc2)C3=O)cc1. The Hall–Kier alpha value is -3.61. The van der Waals surface area contributed by atoms with Gasteiger partial charge in [-0.3, -0.25) is 14.8 Å². The van der Waals surface area contributed by atoms with Crippen molar-refractivity contribution < 1.29 is 14.7 Å². The van der Waals surface area contributed by atoms with E-state index in [9.17, 15) is 14.7 Å². The number of nitrogens with one attached hydrogen (secondary N) is 1. The minimum Gasteiger partial charge on any atom is -0.478 e. The molecule has 3 aromatic carbocycles. The lowest BCUT2D eigenvalue weighted by Crippen LogP contribution is -2.29. The number of carbonyl (C=O) groups excluding carboxylic acids is 1. The monoisotopic (exact) mass is 477 g/mol. The number of aromatic amines is 1. The Morgan fingerprint density at radius 3 is 2.36 bits per heavy atom. The molecule has 0 aliphatic carbocycles. The molecule has 1 aromatic heterocycles. The van der Waals surface area contributed by atoms with E-state index in [1.165, 1.54) is 12.1 Å². The highest BCUT2D eigenvalue weighted by Gasteiger charge is 2.43. The molecule has 6 nitrogen and oxygen atoms in total. The molecule has 1 amide bonds. The molecule has 0 radical (unpaired) electrons. The van der Waals surface area contributed by atoms with Gasteiger partial charge in [-0.25, -0.2) is 4.79 Å². The zero-order valence-corrected chi connectivity index (χ0v) is 18.9. The number of H-pyrrole nitrogens is 1. The fourth-order valence-electron chi connectivity index (χ4n) is 4.13. The van der Waals surface area contributed by atoms with E-state index in [0.717, 1.165) is 11.1 Å². The van der Waals surface area contributed by atoms with Crippen LogP contribution in [0.1, 0.15) is 43.6 Å². The highest BCUT2D eigenvalue weighted by molar-refractivity contribution is 6.35. The molecule has 2 N–H and O–H groups in total. The van der Waals surface area contributed by atoms with Crippen LogP contribution in [0.25, 0.3) is 11.3 Å². The van der Waals surface area contributed by atoms with E-state index in [4.69, 9.17) is 23.2 Å². The first kappa shape index (κ1) is 21.2. The molecule has 0 unspecified atom stereocenters. The summed E-state index contributed by atoms with van der Waals surface area (Å²) in [5.41, 5.74) is 5.06. The quantitative estimate of drug-likeness (QED) is 0.369. The summed E-state index contributed by atoms with van der Waals surface area (Å²) in [6.07, 6.45) is 0. The number of halogens is 2. The Labute approximate surface area is 199 Å². The Bertz CT molecular complexity index is 1400. The first-order valence-electron chi connectivity index (χ1n) is 10.1. The van der Waals surface area contributed by atoms with Gasteiger partial charge >= 0.3 is 5.97 Å². The molecule has 0 fully saturated rings. The molecule has 8 heteroatoms. The van der Waals surface area contributed by atoms with E-state index >= 15 is 0 Å². The second-order valence-corrected chi connectivity index (χ2v) is 8.67. The number of nitrogens with zero attached hydrogens (tertiary/aromatic N) is 2. The largest absolute Gasteiger partial charge is 0.478 e. The second-order valence-electron chi connectivity index (χ2n) is 7.82. The standard InChI is InChI=1S/C25H17Cl2N3O3/c1-13-2-4-14(5-3-13)21-20-22(29-28-21)24(31)30(17-9-6-15(7-10-17)25(32)33)23(20)18-11-8-16(26)12-19(18)27/h2-12,23H,1H3,(H,28,29)(H,32,33)/t23-/m1/s1. The average Bonchev–Trinajstić information content (AvgIpc) is 3.34. The molecule has 0 spiro atoms. The molecule has 0 saturated carbocycles. The third kappa shape index (κ3) is 3.57. The number of rotatable bonds is 4. The molecule has 1 atom stereocenters. The van der Waals surface area contributed by atoms with Gasteiger partial charge in [-0.1, -0.05) is 59.1 Å². The minimum absolute atomic E-state index is 0.131. The van der Waals surface area contributed by atoms with Crippen LogP contribution in [0.3, 0.4) is 0 Å². The molecule has 1 aliphatic rings. The van der Waals surface area contributed by atoms with Gasteiger partial charge in [-0.15, -0.1) is 0 Å². The zero-order valence-electron chi connectivity index (χ0n) is 17.3. The molecular weight excluding hydrogens is 461 g/mol. The van der Waals surface area contributed by atoms with Crippen LogP contribution in [0.5, 0.6) is 0 Å². The number of aromatic nitrogens is 2. The van der Waals surface area contributed by atoms with Crippen LogP contribution >= 0.6 is 23.2 Å². The minimum atomic E-state index is -1.04. The molecule has 5 rings (SSSR count). The van der Waals surface area contributed by atoms with Crippen LogP contribution in [0.2, 0.25) is 10.0 Å². The van der Waals surface area contributed by atoms with E-state index in [1.54, 1.807) is 35.2 Å². The van der Waals surface area contributed by atoms with Gasteiger partial charge in [0.25, 0.3) is 5.91 Å². The Balaban J connectivity index is 1.71. The van der Waals surface area contributed by atoms with Crippen molar-refractivity contribution in [2.45, 2.75) is 13.0 Å². The molecular formula is C25H17Cl2N3O3. The number of aryl methyl sites for hydroxylation is 1. The van der Waals surface area contributed by atoms with Crippen molar-refractivity contribution in [2.75, 3.05) is 4.90 Å². The summed E-state index contributed by atoms with van der Waals surface area (Å²) < 4.78 is 0. The molecule has 1 aliphatic heterocycles. The van der Waals surface area contributed by atoms with E-state index in [1.807, 2.05) is 31.2 Å². The molecule has 2 heterocycles. The van der Waals surface area contributed by atoms with Crippen molar-refractivity contribution in [3.05, 3.63) is 105 Å². The highest BCUT2D eigenvalue weighted by atomic mass is 35.5. The molecule has 0 bridgehead atoms. The Morgan fingerprint density at radius 1 is 1.03 bits per heavy atom. The maximum atomic E-state index is 13.5. The lowest BCUT2D eigenvalue weighted by atomic mass is 9.95. The third-order valence-corrected chi connectivity index (χ3v) is 6.31. The van der Waals surface area contributed by atoms with Crippen molar-refractivity contribution in [1.29, 1.82) is 0 Å². The predicted molar refractivity (Wildman–Crippen MR) is 127 cm³/mol. The number of fused-ring (bicyclic) bond motifs is 1. The topological polar surface area (TPSA) is 86.3 Å². The molecule has 4 aromatic rings. The van der Waals surface area contributed by atoms with Gasteiger partial charge in [0.2, 0.25) is 0 Å². The van der Waals surface area contributed by atoms with Crippen LogP contribution in [-0.2, 0) is 0 Å². The van der Waals surface area contributed by atoms with Crippen molar-refractivity contribution in [3.8, 4) is 11.3 Å². The van der Waals surface area contributed by atoms with E-state index in [-0.39, 0.29) is 11.5 Å². The van der Waals surface area contributed by atoms with Crippen molar-refractivity contribution >= 4 is 40.8 Å². The number of carboxylic acids is 1. The smallest absolute Gasteiger partial charge is 0.335 e. The number of hydrogen-bond donors (Lipinski definition) is 2. The maximum Gasteiger partial charge on any atom is 0.335 e. The van der Waals surface area contributed by atoms with Gasteiger partial charge in [-0.05, 0) is 48.9 Å². The maximum absolute atomic E-state index is 13.5. The van der Waals surface area contributed by atoms with Crippen molar-refractivity contribution in [1.82, 2.24) is 10.2 Å². The zero-order chi connectivity index (χ0) is 23.3. The van der Waals surface area contributed by atoms with Crippen LogP contribution in [0.15, 0.2) is 66.7 Å². The third-order valence-electron chi connectivity index (χ3n) is 5.74. The molecule has 164 valence electrons. The Kier molecular flexibility index (Phi) is 5.19. The normalized spacial score (nSPS) is 15.1. The van der Waals surface area contributed by atoms with Gasteiger partial charge in [-0.2, -0.15) is 5.10 Å². The van der Waals surface area contributed by atoms with Gasteiger partial charge in [0.05, 0.1) is 17.3 Å². The summed E-state index contributed by atoms with van der Waals surface area (Å²) in [7, 11) is 0. The van der Waals surface area contributed by atoms with Gasteiger partial charge < -0.3 is 5.11 Å². The van der Waals surface area contributed by atoms with Gasteiger partial charge in [0.15, 0.2) is 0 Å². The lowest BCUT2D eigenvalue weighted by Gasteiger charge is -2.27. The molecule has 0 saturated heterocycles. The Morgan fingerprint density at radius 2 is 1.73 bits per heavy atom. The van der Waals surface area contributed by atoms with Crippen molar-refractivity contribution in [2.24, 2.45) is 0 Å². The van der Waals surface area contributed by atoms with Crippen LogP contribution in [-0.4, -0.2) is 27.2 Å². The summed E-state index contributed by atoms with van der Waals surface area (Å²) in [5, 5.41) is 17.5. The van der Waals surface area contributed by atoms with E-state index in [0.29, 0.717) is 38.2 Å². The summed E-state index contributed by atoms with van der Waals surface area (Å²) in [6.45, 7) is 2.00. The number of amides is 1. The van der Waals surface area contributed by atoms with E-state index in [2.05, 4.69) is 10.2 Å². The van der Waals surface area contributed by atoms with Crippen LogP contribution < -0.4 is 4.90 Å². The second kappa shape index (κ2) is 8.06. The fraction of sp³-hybridized carbons (Fsp3) is 0.0800.